The van der Waals surface area contributed by atoms with Crippen molar-refractivity contribution in [1.82, 2.24) is 4.90 Å². The van der Waals surface area contributed by atoms with E-state index in [1.807, 2.05) is 6.34 Å². The standard InChI is InChI=1S/C15H22N2/c1-11(2)17-9-12-8-13(15(3,4)5)6-7-14(12)16-10-17/h6-8,10-11H,9H2,1-5H3. The van der Waals surface area contributed by atoms with Crippen molar-refractivity contribution in [2.75, 3.05) is 0 Å². The Hall–Kier alpha value is -1.31. The van der Waals surface area contributed by atoms with Crippen molar-refractivity contribution in [3.63, 3.8) is 0 Å². The third kappa shape index (κ3) is 2.51. The molecule has 2 rings (SSSR count). The number of benzene rings is 1. The Balaban J connectivity index is 2.35. The van der Waals surface area contributed by atoms with Crippen LogP contribution in [0, 0.1) is 0 Å². The molecule has 92 valence electrons. The van der Waals surface area contributed by atoms with E-state index in [1.54, 1.807) is 0 Å². The number of nitrogens with zero attached hydrogens (tertiary/aromatic N) is 2. The molecule has 0 bridgehead atoms. The Morgan fingerprint density at radius 2 is 1.94 bits per heavy atom. The molecule has 17 heavy (non-hydrogen) atoms. The summed E-state index contributed by atoms with van der Waals surface area (Å²) in [7, 11) is 0. The molecule has 1 aliphatic heterocycles. The minimum atomic E-state index is 0.207. The van der Waals surface area contributed by atoms with Crippen LogP contribution in [0.25, 0.3) is 0 Å². The minimum absolute atomic E-state index is 0.207. The first kappa shape index (κ1) is 12.2. The summed E-state index contributed by atoms with van der Waals surface area (Å²) in [6.45, 7) is 12.1. The molecule has 1 aliphatic rings. The molecule has 0 aromatic heterocycles. The summed E-state index contributed by atoms with van der Waals surface area (Å²) in [5.41, 5.74) is 4.05. The molecule has 0 spiro atoms. The Labute approximate surface area is 104 Å². The van der Waals surface area contributed by atoms with E-state index >= 15 is 0 Å². The van der Waals surface area contributed by atoms with E-state index in [9.17, 15) is 0 Å². The van der Waals surface area contributed by atoms with Crippen molar-refractivity contribution < 1.29 is 0 Å². The second-order valence-electron chi connectivity index (χ2n) is 6.10. The molecule has 0 aliphatic carbocycles. The second-order valence-corrected chi connectivity index (χ2v) is 6.10. The lowest BCUT2D eigenvalue weighted by atomic mass is 9.85. The summed E-state index contributed by atoms with van der Waals surface area (Å²) in [4.78, 5) is 6.79. The van der Waals surface area contributed by atoms with Crippen LogP contribution >= 0.6 is 0 Å². The smallest absolute Gasteiger partial charge is 0.0917 e. The van der Waals surface area contributed by atoms with E-state index in [4.69, 9.17) is 0 Å². The molecule has 2 heteroatoms. The van der Waals surface area contributed by atoms with Crippen molar-refractivity contribution in [1.29, 1.82) is 0 Å². The predicted octanol–water partition coefficient (Wildman–Crippen LogP) is 3.87. The molecule has 1 aromatic carbocycles. The van der Waals surface area contributed by atoms with Gasteiger partial charge in [0.2, 0.25) is 0 Å². The average Bonchev–Trinajstić information content (AvgIpc) is 2.26. The zero-order valence-electron chi connectivity index (χ0n) is 11.5. The van der Waals surface area contributed by atoms with Gasteiger partial charge in [0.05, 0.1) is 12.0 Å². The molecule has 0 N–H and O–H groups in total. The number of fused-ring (bicyclic) bond motifs is 1. The largest absolute Gasteiger partial charge is 0.356 e. The molecule has 2 nitrogen and oxygen atoms in total. The molecule has 0 unspecified atom stereocenters. The van der Waals surface area contributed by atoms with E-state index < -0.39 is 0 Å². The number of hydrogen-bond acceptors (Lipinski definition) is 2. The van der Waals surface area contributed by atoms with Crippen molar-refractivity contribution >= 4 is 12.0 Å². The first-order valence-electron chi connectivity index (χ1n) is 6.31. The van der Waals surface area contributed by atoms with Crippen molar-refractivity contribution in [2.24, 2.45) is 4.99 Å². The number of hydrogen-bond donors (Lipinski definition) is 0. The van der Waals surface area contributed by atoms with E-state index in [0.717, 1.165) is 12.2 Å². The third-order valence-corrected chi connectivity index (χ3v) is 3.31. The fourth-order valence-corrected chi connectivity index (χ4v) is 1.99. The third-order valence-electron chi connectivity index (χ3n) is 3.31. The van der Waals surface area contributed by atoms with Gasteiger partial charge in [0, 0.05) is 12.6 Å². The van der Waals surface area contributed by atoms with Crippen LogP contribution in [0.4, 0.5) is 5.69 Å². The van der Waals surface area contributed by atoms with E-state index in [0.29, 0.717) is 6.04 Å². The Morgan fingerprint density at radius 1 is 1.24 bits per heavy atom. The molecule has 0 saturated heterocycles. The fourth-order valence-electron chi connectivity index (χ4n) is 1.99. The van der Waals surface area contributed by atoms with E-state index in [2.05, 4.69) is 62.7 Å². The van der Waals surface area contributed by atoms with Crippen molar-refractivity contribution in [3.05, 3.63) is 29.3 Å². The summed E-state index contributed by atoms with van der Waals surface area (Å²) in [5.74, 6) is 0. The SMILES string of the molecule is CC(C)N1C=Nc2ccc(C(C)(C)C)cc2C1. The van der Waals surface area contributed by atoms with Crippen LogP contribution in [0.15, 0.2) is 23.2 Å². The van der Waals surface area contributed by atoms with Crippen molar-refractivity contribution in [2.45, 2.75) is 52.6 Å². The second kappa shape index (κ2) is 4.17. The molecule has 0 radical (unpaired) electrons. The van der Waals surface area contributed by atoms with E-state index in [-0.39, 0.29) is 5.41 Å². The zero-order valence-corrected chi connectivity index (χ0v) is 11.5. The van der Waals surface area contributed by atoms with Gasteiger partial charge in [0.15, 0.2) is 0 Å². The maximum atomic E-state index is 4.52. The summed E-state index contributed by atoms with van der Waals surface area (Å²) >= 11 is 0. The lowest BCUT2D eigenvalue weighted by molar-refractivity contribution is 0.349. The van der Waals surface area contributed by atoms with Crippen molar-refractivity contribution in [3.8, 4) is 0 Å². The lowest BCUT2D eigenvalue weighted by Gasteiger charge is -2.29. The van der Waals surface area contributed by atoms with Crippen LogP contribution in [-0.2, 0) is 12.0 Å². The molecule has 0 fully saturated rings. The van der Waals surface area contributed by atoms with Crippen LogP contribution < -0.4 is 0 Å². The molecular formula is C15H22N2. The van der Waals surface area contributed by atoms with Crippen LogP contribution in [-0.4, -0.2) is 17.3 Å². The lowest BCUT2D eigenvalue weighted by Crippen LogP contribution is -2.30. The Morgan fingerprint density at radius 3 is 2.53 bits per heavy atom. The highest BCUT2D eigenvalue weighted by Gasteiger charge is 2.18. The van der Waals surface area contributed by atoms with Gasteiger partial charge in [-0.1, -0.05) is 32.9 Å². The molecule has 0 saturated carbocycles. The zero-order chi connectivity index (χ0) is 12.6. The maximum Gasteiger partial charge on any atom is 0.0917 e. The molecule has 0 atom stereocenters. The number of aliphatic imine (C=N–C) groups is 1. The Kier molecular flexibility index (Phi) is 2.98. The predicted molar refractivity (Wildman–Crippen MR) is 74.0 cm³/mol. The molecular weight excluding hydrogens is 208 g/mol. The first-order valence-corrected chi connectivity index (χ1v) is 6.31. The van der Waals surface area contributed by atoms with Crippen LogP contribution in [0.3, 0.4) is 0 Å². The van der Waals surface area contributed by atoms with Gasteiger partial charge in [-0.15, -0.1) is 0 Å². The summed E-state index contributed by atoms with van der Waals surface area (Å²) in [5, 5.41) is 0. The van der Waals surface area contributed by atoms with Gasteiger partial charge in [-0.2, -0.15) is 0 Å². The minimum Gasteiger partial charge on any atom is -0.356 e. The van der Waals surface area contributed by atoms with Crippen LogP contribution in [0.5, 0.6) is 0 Å². The van der Waals surface area contributed by atoms with Gasteiger partial charge in [0.1, 0.15) is 0 Å². The van der Waals surface area contributed by atoms with E-state index in [1.165, 1.54) is 11.1 Å². The van der Waals surface area contributed by atoms with Gasteiger partial charge in [-0.25, -0.2) is 4.99 Å². The van der Waals surface area contributed by atoms with Gasteiger partial charge < -0.3 is 4.90 Å². The normalized spacial score (nSPS) is 15.3. The van der Waals surface area contributed by atoms with Gasteiger partial charge in [-0.3, -0.25) is 0 Å². The summed E-state index contributed by atoms with van der Waals surface area (Å²) in [6.07, 6.45) is 1.96. The number of rotatable bonds is 1. The maximum absolute atomic E-state index is 4.52. The first-order chi connectivity index (χ1) is 7.88. The van der Waals surface area contributed by atoms with Crippen LogP contribution in [0.2, 0.25) is 0 Å². The van der Waals surface area contributed by atoms with Crippen LogP contribution in [0.1, 0.15) is 45.7 Å². The highest BCUT2D eigenvalue weighted by atomic mass is 15.2. The quantitative estimate of drug-likeness (QED) is 0.715. The summed E-state index contributed by atoms with van der Waals surface area (Å²) < 4.78 is 0. The average molecular weight is 230 g/mol. The topological polar surface area (TPSA) is 15.6 Å². The molecule has 1 aromatic rings. The Bertz CT molecular complexity index is 439. The fraction of sp³-hybridized carbons (Fsp3) is 0.533. The highest BCUT2D eigenvalue weighted by Crippen LogP contribution is 2.30. The summed E-state index contributed by atoms with van der Waals surface area (Å²) in [6, 6.07) is 7.15. The van der Waals surface area contributed by atoms with Gasteiger partial charge in [-0.05, 0) is 36.5 Å². The molecule has 1 heterocycles. The molecule has 0 amide bonds. The highest BCUT2D eigenvalue weighted by molar-refractivity contribution is 5.67. The monoisotopic (exact) mass is 230 g/mol. The van der Waals surface area contributed by atoms with Gasteiger partial charge >= 0.3 is 0 Å². The van der Waals surface area contributed by atoms with Gasteiger partial charge in [0.25, 0.3) is 0 Å².